The number of aryl methyl sites for hydroxylation is 1. The van der Waals surface area contributed by atoms with Gasteiger partial charge in [-0.25, -0.2) is 0 Å². The highest BCUT2D eigenvalue weighted by Gasteiger charge is 2.10. The summed E-state index contributed by atoms with van der Waals surface area (Å²) in [6, 6.07) is 3.67. The van der Waals surface area contributed by atoms with Gasteiger partial charge < -0.3 is 10.5 Å². The molecule has 0 aromatic heterocycles. The molecule has 0 atom stereocenters. The largest absolute Gasteiger partial charge is 0.492 e. The third kappa shape index (κ3) is 3.53. The first-order valence-corrected chi connectivity index (χ1v) is 6.95. The first-order chi connectivity index (χ1) is 8.66. The van der Waals surface area contributed by atoms with Crippen LogP contribution >= 0.6 is 11.6 Å². The number of nitrogens with zero attached hydrogens (tertiary/aromatic N) is 1. The van der Waals surface area contributed by atoms with Crippen molar-refractivity contribution >= 4 is 17.3 Å². The smallest absolute Gasteiger partial charge is 0.123 e. The van der Waals surface area contributed by atoms with Gasteiger partial charge >= 0.3 is 0 Å². The van der Waals surface area contributed by atoms with Crippen molar-refractivity contribution in [3.05, 3.63) is 22.7 Å². The molecule has 100 valence electrons. The Kier molecular flexibility index (Phi) is 4.72. The molecule has 1 fully saturated rings. The summed E-state index contributed by atoms with van der Waals surface area (Å²) in [6.45, 7) is 6.08. The number of piperidine rings is 1. The number of halogens is 1. The fraction of sp³-hybridized carbons (Fsp3) is 0.571. The first-order valence-electron chi connectivity index (χ1n) is 6.57. The van der Waals surface area contributed by atoms with Crippen molar-refractivity contribution in [3.8, 4) is 5.75 Å². The van der Waals surface area contributed by atoms with Crippen LogP contribution in [0.2, 0.25) is 5.02 Å². The summed E-state index contributed by atoms with van der Waals surface area (Å²) in [7, 11) is 0. The Hall–Kier alpha value is -0.930. The third-order valence-electron chi connectivity index (χ3n) is 3.41. The standard InChI is InChI=1S/C14H21ClN2O/c1-11-9-13(16)12(15)10-14(11)18-8-7-17-5-3-2-4-6-17/h9-10H,2-8,16H2,1H3. The van der Waals surface area contributed by atoms with E-state index in [2.05, 4.69) is 4.90 Å². The molecule has 0 aliphatic carbocycles. The van der Waals surface area contributed by atoms with E-state index in [0.29, 0.717) is 17.3 Å². The molecule has 1 aliphatic heterocycles. The second-order valence-electron chi connectivity index (χ2n) is 4.89. The highest BCUT2D eigenvalue weighted by molar-refractivity contribution is 6.33. The zero-order chi connectivity index (χ0) is 13.0. The van der Waals surface area contributed by atoms with Crippen molar-refractivity contribution in [1.82, 2.24) is 4.90 Å². The van der Waals surface area contributed by atoms with Gasteiger partial charge in [-0.2, -0.15) is 0 Å². The van der Waals surface area contributed by atoms with Crippen molar-refractivity contribution < 1.29 is 4.74 Å². The highest BCUT2D eigenvalue weighted by Crippen LogP contribution is 2.28. The summed E-state index contributed by atoms with van der Waals surface area (Å²) in [5, 5.41) is 0.563. The van der Waals surface area contributed by atoms with Gasteiger partial charge in [0.15, 0.2) is 0 Å². The number of ether oxygens (including phenoxy) is 1. The van der Waals surface area contributed by atoms with Crippen LogP contribution < -0.4 is 10.5 Å². The minimum Gasteiger partial charge on any atom is -0.492 e. The molecule has 0 amide bonds. The third-order valence-corrected chi connectivity index (χ3v) is 3.74. The number of rotatable bonds is 4. The Labute approximate surface area is 114 Å². The van der Waals surface area contributed by atoms with Crippen molar-refractivity contribution in [3.63, 3.8) is 0 Å². The van der Waals surface area contributed by atoms with E-state index in [0.717, 1.165) is 17.9 Å². The second-order valence-corrected chi connectivity index (χ2v) is 5.30. The van der Waals surface area contributed by atoms with Crippen LogP contribution in [-0.2, 0) is 0 Å². The molecule has 2 rings (SSSR count). The number of hydrogen-bond donors (Lipinski definition) is 1. The summed E-state index contributed by atoms with van der Waals surface area (Å²) in [6.07, 6.45) is 3.99. The zero-order valence-corrected chi connectivity index (χ0v) is 11.7. The maximum absolute atomic E-state index is 6.00. The molecule has 1 saturated heterocycles. The number of likely N-dealkylation sites (tertiary alicyclic amines) is 1. The summed E-state index contributed by atoms with van der Waals surface area (Å²) < 4.78 is 5.79. The van der Waals surface area contributed by atoms with Crippen LogP contribution in [0.4, 0.5) is 5.69 Å². The molecule has 1 aromatic rings. The second kappa shape index (κ2) is 6.30. The van der Waals surface area contributed by atoms with E-state index < -0.39 is 0 Å². The lowest BCUT2D eigenvalue weighted by Crippen LogP contribution is -2.33. The molecule has 2 N–H and O–H groups in total. The number of hydrogen-bond acceptors (Lipinski definition) is 3. The quantitative estimate of drug-likeness (QED) is 0.853. The Balaban J connectivity index is 1.84. The molecular formula is C14H21ClN2O. The molecule has 0 saturated carbocycles. The van der Waals surface area contributed by atoms with Crippen LogP contribution in [0.5, 0.6) is 5.75 Å². The van der Waals surface area contributed by atoms with Gasteiger partial charge in [-0.1, -0.05) is 18.0 Å². The van der Waals surface area contributed by atoms with E-state index in [1.807, 2.05) is 19.1 Å². The maximum atomic E-state index is 6.00. The molecule has 4 heteroatoms. The molecule has 0 bridgehead atoms. The van der Waals surface area contributed by atoms with Gasteiger partial charge in [0, 0.05) is 12.6 Å². The van der Waals surface area contributed by atoms with Crippen LogP contribution in [0.1, 0.15) is 24.8 Å². The molecule has 18 heavy (non-hydrogen) atoms. The normalized spacial score (nSPS) is 16.8. The average Bonchev–Trinajstić information content (AvgIpc) is 2.37. The van der Waals surface area contributed by atoms with E-state index >= 15 is 0 Å². The van der Waals surface area contributed by atoms with Crippen molar-refractivity contribution in [2.75, 3.05) is 32.0 Å². The molecular weight excluding hydrogens is 248 g/mol. The topological polar surface area (TPSA) is 38.5 Å². The van der Waals surface area contributed by atoms with Gasteiger partial charge in [0.05, 0.1) is 10.7 Å². The van der Waals surface area contributed by atoms with Gasteiger partial charge in [-0.05, 0) is 44.5 Å². The zero-order valence-electron chi connectivity index (χ0n) is 10.9. The predicted molar refractivity (Wildman–Crippen MR) is 76.4 cm³/mol. The number of anilines is 1. The lowest BCUT2D eigenvalue weighted by molar-refractivity contribution is 0.183. The molecule has 0 unspecified atom stereocenters. The monoisotopic (exact) mass is 268 g/mol. The Bertz CT molecular complexity index is 403. The van der Waals surface area contributed by atoms with E-state index in [9.17, 15) is 0 Å². The highest BCUT2D eigenvalue weighted by atomic mass is 35.5. The van der Waals surface area contributed by atoms with Crippen LogP contribution in [0.25, 0.3) is 0 Å². The molecule has 3 nitrogen and oxygen atoms in total. The van der Waals surface area contributed by atoms with Crippen LogP contribution in [0.3, 0.4) is 0 Å². The minimum absolute atomic E-state index is 0.563. The fourth-order valence-corrected chi connectivity index (χ4v) is 2.46. The maximum Gasteiger partial charge on any atom is 0.123 e. The fourth-order valence-electron chi connectivity index (χ4n) is 2.31. The van der Waals surface area contributed by atoms with E-state index in [1.54, 1.807) is 0 Å². The van der Waals surface area contributed by atoms with Gasteiger partial charge in [0.1, 0.15) is 12.4 Å². The Morgan fingerprint density at radius 3 is 2.72 bits per heavy atom. The first kappa shape index (κ1) is 13.5. The number of benzene rings is 1. The summed E-state index contributed by atoms with van der Waals surface area (Å²) >= 11 is 6.00. The van der Waals surface area contributed by atoms with Gasteiger partial charge in [-0.3, -0.25) is 4.90 Å². The van der Waals surface area contributed by atoms with Crippen molar-refractivity contribution in [2.45, 2.75) is 26.2 Å². The lowest BCUT2D eigenvalue weighted by atomic mass is 10.1. The van der Waals surface area contributed by atoms with Crippen LogP contribution in [0, 0.1) is 6.92 Å². The molecule has 1 aliphatic rings. The number of nitrogens with two attached hydrogens (primary N) is 1. The summed E-state index contributed by atoms with van der Waals surface area (Å²) in [4.78, 5) is 2.46. The van der Waals surface area contributed by atoms with Gasteiger partial charge in [0.2, 0.25) is 0 Å². The molecule has 0 radical (unpaired) electrons. The molecule has 1 heterocycles. The van der Waals surface area contributed by atoms with Crippen molar-refractivity contribution in [2.24, 2.45) is 0 Å². The van der Waals surface area contributed by atoms with E-state index in [1.165, 1.54) is 32.4 Å². The predicted octanol–water partition coefficient (Wildman–Crippen LogP) is 3.10. The Morgan fingerprint density at radius 1 is 1.28 bits per heavy atom. The lowest BCUT2D eigenvalue weighted by Gasteiger charge is -2.26. The molecule has 1 aromatic carbocycles. The van der Waals surface area contributed by atoms with E-state index in [4.69, 9.17) is 22.1 Å². The van der Waals surface area contributed by atoms with Crippen LogP contribution in [-0.4, -0.2) is 31.1 Å². The number of nitrogen functional groups attached to an aromatic ring is 1. The van der Waals surface area contributed by atoms with E-state index in [-0.39, 0.29) is 0 Å². The van der Waals surface area contributed by atoms with Gasteiger partial charge in [0.25, 0.3) is 0 Å². The van der Waals surface area contributed by atoms with Crippen LogP contribution in [0.15, 0.2) is 12.1 Å². The minimum atomic E-state index is 0.563. The Morgan fingerprint density at radius 2 is 2.00 bits per heavy atom. The summed E-state index contributed by atoms with van der Waals surface area (Å²) in [5.41, 5.74) is 7.39. The average molecular weight is 269 g/mol. The van der Waals surface area contributed by atoms with Gasteiger partial charge in [-0.15, -0.1) is 0 Å². The van der Waals surface area contributed by atoms with Crippen molar-refractivity contribution in [1.29, 1.82) is 0 Å². The summed E-state index contributed by atoms with van der Waals surface area (Å²) in [5.74, 6) is 0.839. The molecule has 0 spiro atoms. The SMILES string of the molecule is Cc1cc(N)c(Cl)cc1OCCN1CCCCC1.